The van der Waals surface area contributed by atoms with E-state index in [-0.39, 0.29) is 23.4 Å². The summed E-state index contributed by atoms with van der Waals surface area (Å²) in [5, 5.41) is 26.9. The molecule has 0 unspecified atom stereocenters. The Kier molecular flexibility index (Phi) is 4.31. The maximum Gasteiger partial charge on any atom is 0.488 e. The largest absolute Gasteiger partial charge is 0.488 e. The zero-order chi connectivity index (χ0) is 13.0. The number of hydrogen-bond donors (Lipinski definition) is 3. The highest BCUT2D eigenvalue weighted by Gasteiger charge is 2.17. The molecule has 0 atom stereocenters. The lowest BCUT2D eigenvalue weighted by Gasteiger charge is -2.10. The predicted octanol–water partition coefficient (Wildman–Crippen LogP) is 0.0195. The zero-order valence-corrected chi connectivity index (χ0v) is 9.38. The molecule has 1 rings (SSSR count). The molecule has 0 radical (unpaired) electrons. The summed E-state index contributed by atoms with van der Waals surface area (Å²) in [4.78, 5) is 10.9. The molecule has 3 N–H and O–H groups in total. The highest BCUT2D eigenvalue weighted by Crippen LogP contribution is 2.17. The van der Waals surface area contributed by atoms with Crippen molar-refractivity contribution in [2.75, 3.05) is 6.61 Å². The third-order valence-corrected chi connectivity index (χ3v) is 2.01. The van der Waals surface area contributed by atoms with Gasteiger partial charge in [-0.05, 0) is 30.1 Å². The summed E-state index contributed by atoms with van der Waals surface area (Å²) in [6, 6.07) is 3.88. The molecule has 1 aromatic rings. The Bertz CT molecular complexity index is 441. The van der Waals surface area contributed by atoms with Crippen LogP contribution >= 0.6 is 0 Å². The Labute approximate surface area is 99.1 Å². The molecule has 0 aliphatic carbocycles. The lowest BCUT2D eigenvalue weighted by Crippen LogP contribution is -2.30. The van der Waals surface area contributed by atoms with Gasteiger partial charge in [0.1, 0.15) is 17.9 Å². The lowest BCUT2D eigenvalue weighted by atomic mass is 9.80. The van der Waals surface area contributed by atoms with Crippen molar-refractivity contribution in [3.8, 4) is 5.75 Å². The number of benzene rings is 1. The van der Waals surface area contributed by atoms with E-state index >= 15 is 0 Å². The van der Waals surface area contributed by atoms with Gasteiger partial charge in [0.05, 0.1) is 0 Å². The van der Waals surface area contributed by atoms with Crippen molar-refractivity contribution >= 4 is 18.6 Å². The SMILES string of the molecule is C=C(C)COc1cc(B(O)O)ccc1C(=O)O. The van der Waals surface area contributed by atoms with Gasteiger partial charge >= 0.3 is 13.1 Å². The molecular formula is C11H13BO5. The summed E-state index contributed by atoms with van der Waals surface area (Å²) < 4.78 is 5.25. The average Bonchev–Trinajstić information content (AvgIpc) is 2.25. The fourth-order valence-electron chi connectivity index (χ4n) is 1.20. The highest BCUT2D eigenvalue weighted by atomic mass is 16.5. The number of ether oxygens (including phenoxy) is 1. The summed E-state index contributed by atoms with van der Waals surface area (Å²) in [7, 11) is -1.66. The van der Waals surface area contributed by atoms with Gasteiger partial charge in [0.25, 0.3) is 0 Å². The van der Waals surface area contributed by atoms with Crippen molar-refractivity contribution in [1.29, 1.82) is 0 Å². The third-order valence-electron chi connectivity index (χ3n) is 2.01. The number of carbonyl (C=O) groups is 1. The molecule has 17 heavy (non-hydrogen) atoms. The average molecular weight is 236 g/mol. The molecule has 90 valence electrons. The standard InChI is InChI=1S/C11H13BO5/c1-7(2)6-17-10-5-8(12(15)16)3-4-9(10)11(13)14/h3-5,15-16H,1,6H2,2H3,(H,13,14). The molecule has 5 nitrogen and oxygen atoms in total. The second kappa shape index (κ2) is 5.52. The van der Waals surface area contributed by atoms with E-state index in [4.69, 9.17) is 19.9 Å². The molecule has 0 aliphatic heterocycles. The normalized spacial score (nSPS) is 9.82. The van der Waals surface area contributed by atoms with Gasteiger partial charge in [-0.25, -0.2) is 4.79 Å². The molecule has 0 heterocycles. The van der Waals surface area contributed by atoms with Crippen LogP contribution in [-0.2, 0) is 0 Å². The summed E-state index contributed by atoms with van der Waals surface area (Å²) >= 11 is 0. The first kappa shape index (κ1) is 13.3. The van der Waals surface area contributed by atoms with E-state index in [0.29, 0.717) is 0 Å². The molecule has 6 heteroatoms. The van der Waals surface area contributed by atoms with Gasteiger partial charge < -0.3 is 19.9 Å². The Morgan fingerprint density at radius 1 is 1.47 bits per heavy atom. The van der Waals surface area contributed by atoms with E-state index in [9.17, 15) is 4.79 Å². The number of rotatable bonds is 5. The number of carboxylic acids is 1. The Morgan fingerprint density at radius 2 is 2.12 bits per heavy atom. The van der Waals surface area contributed by atoms with Gasteiger partial charge in [-0.15, -0.1) is 0 Å². The van der Waals surface area contributed by atoms with Crippen LogP contribution in [-0.4, -0.2) is 34.8 Å². The molecule has 0 spiro atoms. The van der Waals surface area contributed by atoms with E-state index < -0.39 is 13.1 Å². The predicted molar refractivity (Wildman–Crippen MR) is 63.5 cm³/mol. The first-order valence-corrected chi connectivity index (χ1v) is 4.92. The number of aromatic carboxylic acids is 1. The van der Waals surface area contributed by atoms with Gasteiger partial charge in [-0.3, -0.25) is 0 Å². The van der Waals surface area contributed by atoms with E-state index in [0.717, 1.165) is 5.57 Å². The van der Waals surface area contributed by atoms with Crippen LogP contribution in [0.3, 0.4) is 0 Å². The van der Waals surface area contributed by atoms with Crippen molar-refractivity contribution in [3.05, 3.63) is 35.9 Å². The third kappa shape index (κ3) is 3.62. The summed E-state index contributed by atoms with van der Waals surface area (Å²) in [6.45, 7) is 5.54. The molecule has 0 aromatic heterocycles. The topological polar surface area (TPSA) is 87.0 Å². The first-order valence-electron chi connectivity index (χ1n) is 4.92. The Morgan fingerprint density at radius 3 is 2.59 bits per heavy atom. The van der Waals surface area contributed by atoms with Crippen LogP contribution in [0.2, 0.25) is 0 Å². The fourth-order valence-corrected chi connectivity index (χ4v) is 1.20. The fraction of sp³-hybridized carbons (Fsp3) is 0.182. The minimum absolute atomic E-state index is 0.0318. The van der Waals surface area contributed by atoms with Crippen LogP contribution in [0, 0.1) is 0 Å². The van der Waals surface area contributed by atoms with Crippen LogP contribution in [0.5, 0.6) is 5.75 Å². The van der Waals surface area contributed by atoms with Gasteiger partial charge in [0.2, 0.25) is 0 Å². The monoisotopic (exact) mass is 236 g/mol. The summed E-state index contributed by atoms with van der Waals surface area (Å²) in [5.74, 6) is -1.05. The molecule has 0 aliphatic rings. The minimum atomic E-state index is -1.66. The van der Waals surface area contributed by atoms with Gasteiger partial charge in [-0.1, -0.05) is 12.6 Å². The van der Waals surface area contributed by atoms with E-state index in [2.05, 4.69) is 6.58 Å². The van der Waals surface area contributed by atoms with Crippen molar-refractivity contribution in [1.82, 2.24) is 0 Å². The molecular weight excluding hydrogens is 223 g/mol. The molecule has 0 saturated carbocycles. The van der Waals surface area contributed by atoms with Gasteiger partial charge in [0, 0.05) is 0 Å². The molecule has 0 bridgehead atoms. The lowest BCUT2D eigenvalue weighted by molar-refractivity contribution is 0.0692. The maximum absolute atomic E-state index is 10.9. The van der Waals surface area contributed by atoms with Crippen LogP contribution < -0.4 is 10.2 Å². The smallest absolute Gasteiger partial charge is 0.488 e. The zero-order valence-electron chi connectivity index (χ0n) is 9.38. The van der Waals surface area contributed by atoms with Crippen LogP contribution in [0.15, 0.2) is 30.4 Å². The molecule has 0 saturated heterocycles. The molecule has 0 amide bonds. The van der Waals surface area contributed by atoms with Crippen LogP contribution in [0.1, 0.15) is 17.3 Å². The van der Waals surface area contributed by atoms with E-state index in [1.807, 2.05) is 0 Å². The minimum Gasteiger partial charge on any atom is -0.488 e. The Balaban J connectivity index is 3.06. The number of hydrogen-bond acceptors (Lipinski definition) is 4. The summed E-state index contributed by atoms with van der Waals surface area (Å²) in [6.07, 6.45) is 0. The highest BCUT2D eigenvalue weighted by molar-refractivity contribution is 6.58. The number of carboxylic acid groups (broad SMARTS) is 1. The van der Waals surface area contributed by atoms with Crippen molar-refractivity contribution in [2.24, 2.45) is 0 Å². The van der Waals surface area contributed by atoms with Gasteiger partial charge in [-0.2, -0.15) is 0 Å². The second-order valence-electron chi connectivity index (χ2n) is 3.68. The van der Waals surface area contributed by atoms with Crippen molar-refractivity contribution in [3.63, 3.8) is 0 Å². The van der Waals surface area contributed by atoms with Crippen LogP contribution in [0.25, 0.3) is 0 Å². The van der Waals surface area contributed by atoms with Crippen molar-refractivity contribution < 1.29 is 24.7 Å². The maximum atomic E-state index is 10.9. The molecule has 1 aromatic carbocycles. The quantitative estimate of drug-likeness (QED) is 0.495. The van der Waals surface area contributed by atoms with E-state index in [1.54, 1.807) is 6.92 Å². The van der Waals surface area contributed by atoms with E-state index in [1.165, 1.54) is 18.2 Å². The Hall–Kier alpha value is -1.79. The second-order valence-corrected chi connectivity index (χ2v) is 3.68. The molecule has 0 fully saturated rings. The van der Waals surface area contributed by atoms with Crippen LogP contribution in [0.4, 0.5) is 0 Å². The first-order chi connectivity index (χ1) is 7.91. The van der Waals surface area contributed by atoms with Crippen molar-refractivity contribution in [2.45, 2.75) is 6.92 Å². The van der Waals surface area contributed by atoms with Gasteiger partial charge in [0.15, 0.2) is 0 Å². The summed E-state index contributed by atoms with van der Waals surface area (Å²) in [5.41, 5.74) is 0.874.